The van der Waals surface area contributed by atoms with Crippen molar-refractivity contribution >= 4 is 22.6 Å². The van der Waals surface area contributed by atoms with Crippen LogP contribution in [0.25, 0.3) is 22.4 Å². The summed E-state index contributed by atoms with van der Waals surface area (Å²) in [7, 11) is 0. The number of aryl methyl sites for hydroxylation is 2. The quantitative estimate of drug-likeness (QED) is 0.682. The van der Waals surface area contributed by atoms with Crippen LogP contribution < -0.4 is 0 Å². The van der Waals surface area contributed by atoms with E-state index in [1.54, 1.807) is 0 Å². The van der Waals surface area contributed by atoms with Crippen molar-refractivity contribution in [1.29, 1.82) is 0 Å². The Balaban J connectivity index is 2.23. The molecule has 0 radical (unpaired) electrons. The van der Waals surface area contributed by atoms with Gasteiger partial charge in [-0.3, -0.25) is 0 Å². The van der Waals surface area contributed by atoms with Crippen molar-refractivity contribution in [3.05, 3.63) is 52.5 Å². The fourth-order valence-corrected chi connectivity index (χ4v) is 2.42. The van der Waals surface area contributed by atoms with Gasteiger partial charge in [-0.15, -0.1) is 0 Å². The predicted octanol–water partition coefficient (Wildman–Crippen LogP) is 4.50. The van der Waals surface area contributed by atoms with Crippen LogP contribution in [0, 0.1) is 13.8 Å². The van der Waals surface area contributed by atoms with Gasteiger partial charge in [-0.25, -0.2) is 4.98 Å². The Hall–Kier alpha value is -1.80. The first-order valence-corrected chi connectivity index (χ1v) is 6.25. The molecule has 0 bridgehead atoms. The predicted molar refractivity (Wildman–Crippen MR) is 76.0 cm³/mol. The standard InChI is InChI=1S/C15H13ClN2/c1-9-6-7-11(10(2)8-9)15-17-13-5-3-4-12(16)14(13)18-15/h3-8H,1-2H3,(H,17,18). The van der Waals surface area contributed by atoms with Gasteiger partial charge in [0.05, 0.1) is 10.5 Å². The van der Waals surface area contributed by atoms with E-state index < -0.39 is 0 Å². The van der Waals surface area contributed by atoms with Crippen molar-refractivity contribution in [3.8, 4) is 11.4 Å². The number of aromatic nitrogens is 2. The monoisotopic (exact) mass is 256 g/mol. The molecule has 0 aliphatic carbocycles. The molecule has 0 fully saturated rings. The van der Waals surface area contributed by atoms with Gasteiger partial charge in [-0.2, -0.15) is 0 Å². The molecule has 1 heterocycles. The molecule has 2 nitrogen and oxygen atoms in total. The van der Waals surface area contributed by atoms with Crippen molar-refractivity contribution in [2.24, 2.45) is 0 Å². The van der Waals surface area contributed by atoms with Crippen LogP contribution in [0.4, 0.5) is 0 Å². The second-order valence-corrected chi connectivity index (χ2v) is 4.95. The number of benzene rings is 2. The lowest BCUT2D eigenvalue weighted by Crippen LogP contribution is -1.86. The SMILES string of the molecule is Cc1ccc(-c2nc3c(Cl)cccc3[nH]2)c(C)c1. The highest BCUT2D eigenvalue weighted by molar-refractivity contribution is 6.35. The van der Waals surface area contributed by atoms with Gasteiger partial charge >= 0.3 is 0 Å². The first-order chi connectivity index (χ1) is 8.65. The molecule has 0 aliphatic heterocycles. The maximum atomic E-state index is 6.14. The van der Waals surface area contributed by atoms with Crippen LogP contribution in [0.3, 0.4) is 0 Å². The summed E-state index contributed by atoms with van der Waals surface area (Å²) in [6, 6.07) is 12.1. The summed E-state index contributed by atoms with van der Waals surface area (Å²) in [6.07, 6.45) is 0. The van der Waals surface area contributed by atoms with Gasteiger partial charge < -0.3 is 4.98 Å². The molecule has 3 heteroatoms. The number of aromatic amines is 1. The van der Waals surface area contributed by atoms with Crippen molar-refractivity contribution in [1.82, 2.24) is 9.97 Å². The summed E-state index contributed by atoms with van der Waals surface area (Å²) >= 11 is 6.14. The van der Waals surface area contributed by atoms with E-state index in [9.17, 15) is 0 Å². The highest BCUT2D eigenvalue weighted by Crippen LogP contribution is 2.27. The van der Waals surface area contributed by atoms with Crippen molar-refractivity contribution in [2.45, 2.75) is 13.8 Å². The minimum absolute atomic E-state index is 0.680. The molecule has 1 N–H and O–H groups in total. The van der Waals surface area contributed by atoms with Crippen LogP contribution in [0.1, 0.15) is 11.1 Å². The second kappa shape index (κ2) is 4.14. The van der Waals surface area contributed by atoms with Crippen LogP contribution in [0.5, 0.6) is 0 Å². The van der Waals surface area contributed by atoms with E-state index >= 15 is 0 Å². The Labute approximate surface area is 111 Å². The lowest BCUT2D eigenvalue weighted by atomic mass is 10.1. The van der Waals surface area contributed by atoms with Gasteiger partial charge in [0.2, 0.25) is 0 Å². The lowest BCUT2D eigenvalue weighted by Gasteiger charge is -2.03. The zero-order valence-electron chi connectivity index (χ0n) is 10.3. The summed E-state index contributed by atoms with van der Waals surface area (Å²) in [5.74, 6) is 0.871. The van der Waals surface area contributed by atoms with Crippen LogP contribution in [0.2, 0.25) is 5.02 Å². The summed E-state index contributed by atoms with van der Waals surface area (Å²) in [4.78, 5) is 7.90. The Morgan fingerprint density at radius 1 is 1.11 bits per heavy atom. The Morgan fingerprint density at radius 3 is 2.67 bits per heavy atom. The normalized spacial score (nSPS) is 11.1. The largest absolute Gasteiger partial charge is 0.338 e. The molecule has 1 aromatic heterocycles. The highest BCUT2D eigenvalue weighted by Gasteiger charge is 2.09. The Bertz CT molecular complexity index is 728. The number of halogens is 1. The number of para-hydroxylation sites is 1. The van der Waals surface area contributed by atoms with Gasteiger partial charge in [-0.1, -0.05) is 41.4 Å². The van der Waals surface area contributed by atoms with E-state index in [0.29, 0.717) is 5.02 Å². The topological polar surface area (TPSA) is 28.7 Å². The summed E-state index contributed by atoms with van der Waals surface area (Å²) < 4.78 is 0. The van der Waals surface area contributed by atoms with Gasteiger partial charge in [0, 0.05) is 5.56 Å². The molecule has 0 saturated carbocycles. The van der Waals surface area contributed by atoms with Crippen molar-refractivity contribution in [3.63, 3.8) is 0 Å². The molecule has 0 unspecified atom stereocenters. The van der Waals surface area contributed by atoms with E-state index in [4.69, 9.17) is 11.6 Å². The van der Waals surface area contributed by atoms with Crippen molar-refractivity contribution in [2.75, 3.05) is 0 Å². The number of hydrogen-bond acceptors (Lipinski definition) is 1. The minimum atomic E-state index is 0.680. The average molecular weight is 257 g/mol. The summed E-state index contributed by atoms with van der Waals surface area (Å²) in [5, 5.41) is 0.680. The zero-order chi connectivity index (χ0) is 12.7. The van der Waals surface area contributed by atoms with Crippen LogP contribution in [0.15, 0.2) is 36.4 Å². The first kappa shape index (κ1) is 11.3. The third kappa shape index (κ3) is 1.79. The molecular formula is C15H13ClN2. The molecule has 0 aliphatic rings. The van der Waals surface area contributed by atoms with Gasteiger partial charge in [-0.05, 0) is 31.5 Å². The second-order valence-electron chi connectivity index (χ2n) is 4.54. The molecule has 0 amide bonds. The maximum absolute atomic E-state index is 6.14. The number of nitrogens with zero attached hydrogens (tertiary/aromatic N) is 1. The Morgan fingerprint density at radius 2 is 1.94 bits per heavy atom. The van der Waals surface area contributed by atoms with Crippen LogP contribution in [-0.4, -0.2) is 9.97 Å². The maximum Gasteiger partial charge on any atom is 0.138 e. The molecule has 0 spiro atoms. The van der Waals surface area contributed by atoms with E-state index in [2.05, 4.69) is 42.0 Å². The van der Waals surface area contributed by atoms with Gasteiger partial charge in [0.1, 0.15) is 11.3 Å². The minimum Gasteiger partial charge on any atom is -0.338 e. The van der Waals surface area contributed by atoms with Crippen LogP contribution in [-0.2, 0) is 0 Å². The number of nitrogens with one attached hydrogen (secondary N) is 1. The molecule has 3 rings (SSSR count). The fraction of sp³-hybridized carbons (Fsp3) is 0.133. The molecule has 3 aromatic rings. The first-order valence-electron chi connectivity index (χ1n) is 5.87. The highest BCUT2D eigenvalue weighted by atomic mass is 35.5. The average Bonchev–Trinajstić information content (AvgIpc) is 2.74. The van der Waals surface area contributed by atoms with E-state index in [1.807, 2.05) is 18.2 Å². The molecule has 90 valence electrons. The summed E-state index contributed by atoms with van der Waals surface area (Å²) in [5.41, 5.74) is 5.38. The van der Waals surface area contributed by atoms with E-state index in [0.717, 1.165) is 22.4 Å². The van der Waals surface area contributed by atoms with Gasteiger partial charge in [0.25, 0.3) is 0 Å². The van der Waals surface area contributed by atoms with E-state index in [1.165, 1.54) is 11.1 Å². The Kier molecular flexibility index (Phi) is 2.60. The van der Waals surface area contributed by atoms with E-state index in [-0.39, 0.29) is 0 Å². The summed E-state index contributed by atoms with van der Waals surface area (Å²) in [6.45, 7) is 4.18. The molecule has 0 atom stereocenters. The number of fused-ring (bicyclic) bond motifs is 1. The van der Waals surface area contributed by atoms with Gasteiger partial charge in [0.15, 0.2) is 0 Å². The third-order valence-corrected chi connectivity index (χ3v) is 3.41. The number of rotatable bonds is 1. The zero-order valence-corrected chi connectivity index (χ0v) is 11.0. The molecule has 0 saturated heterocycles. The number of imidazole rings is 1. The molecule has 18 heavy (non-hydrogen) atoms. The third-order valence-electron chi connectivity index (χ3n) is 3.10. The van der Waals surface area contributed by atoms with Crippen molar-refractivity contribution < 1.29 is 0 Å². The number of hydrogen-bond donors (Lipinski definition) is 1. The lowest BCUT2D eigenvalue weighted by molar-refractivity contribution is 1.29. The molecule has 2 aromatic carbocycles. The van der Waals surface area contributed by atoms with Crippen LogP contribution >= 0.6 is 11.6 Å². The number of H-pyrrole nitrogens is 1. The smallest absolute Gasteiger partial charge is 0.138 e. The molecular weight excluding hydrogens is 244 g/mol. The fourth-order valence-electron chi connectivity index (χ4n) is 2.20.